The van der Waals surface area contributed by atoms with Gasteiger partial charge in [0.1, 0.15) is 0 Å². The van der Waals surface area contributed by atoms with Gasteiger partial charge in [0.15, 0.2) is 5.36 Å². The summed E-state index contributed by atoms with van der Waals surface area (Å²) < 4.78 is 4.16. The third-order valence-electron chi connectivity index (χ3n) is 1.15. The molecule has 0 amide bonds. The summed E-state index contributed by atoms with van der Waals surface area (Å²) in [6.07, 6.45) is 1.10. The number of nitrogens with zero attached hydrogens (tertiary/aromatic N) is 2. The van der Waals surface area contributed by atoms with E-state index < -0.39 is 11.3 Å². The number of hydrogen-bond acceptors (Lipinski definition) is 6. The molecular weight excluding hydrogens is 162 g/mol. The van der Waals surface area contributed by atoms with Crippen LogP contribution in [0.3, 0.4) is 0 Å². The zero-order chi connectivity index (χ0) is 9.14. The van der Waals surface area contributed by atoms with E-state index in [-0.39, 0.29) is 10.7 Å². The van der Waals surface area contributed by atoms with Crippen LogP contribution in [-0.2, 0) is 0 Å². The molecule has 1 heterocycles. The maximum Gasteiger partial charge on any atom is 0.369 e. The molecule has 0 aliphatic rings. The Hall–Kier alpha value is -1.98. The normalized spacial score (nSPS) is 13.7. The average Bonchev–Trinajstić information content (AvgIpc) is 2.28. The van der Waals surface area contributed by atoms with Gasteiger partial charge in [-0.25, -0.2) is 14.6 Å². The first kappa shape index (κ1) is 8.12. The van der Waals surface area contributed by atoms with Crippen LogP contribution >= 0.6 is 0 Å². The van der Waals surface area contributed by atoms with E-state index in [9.17, 15) is 9.59 Å². The fourth-order valence-electron chi connectivity index (χ4n) is 0.693. The Bertz CT molecular complexity index is 501. The Kier molecular flexibility index (Phi) is 2.00. The summed E-state index contributed by atoms with van der Waals surface area (Å²) in [6, 6.07) is 0. The van der Waals surface area contributed by atoms with Crippen molar-refractivity contribution in [1.29, 1.82) is 0 Å². The van der Waals surface area contributed by atoms with Crippen LogP contribution in [0, 0.1) is 0 Å². The highest BCUT2D eigenvalue weighted by molar-refractivity contribution is 4.87. The first-order valence-corrected chi connectivity index (χ1v) is 2.94. The zero-order valence-electron chi connectivity index (χ0n) is 5.98. The van der Waals surface area contributed by atoms with Crippen molar-refractivity contribution in [2.75, 3.05) is 0 Å². The van der Waals surface area contributed by atoms with Crippen LogP contribution in [0.25, 0.3) is 0 Å². The fourth-order valence-corrected chi connectivity index (χ4v) is 0.693. The topological polar surface area (TPSA) is 98.0 Å². The summed E-state index contributed by atoms with van der Waals surface area (Å²) in [5.74, 6) is 4.83. The summed E-state index contributed by atoms with van der Waals surface area (Å²) in [6.45, 7) is 3.25. The Balaban J connectivity index is 3.93. The first-order chi connectivity index (χ1) is 5.70. The van der Waals surface area contributed by atoms with Gasteiger partial charge in [-0.05, 0) is 0 Å². The van der Waals surface area contributed by atoms with E-state index >= 15 is 0 Å². The molecule has 0 saturated heterocycles. The molecule has 0 bridgehead atoms. The number of furan rings is 1. The van der Waals surface area contributed by atoms with Crippen LogP contribution in [0.15, 0.2) is 36.9 Å². The van der Waals surface area contributed by atoms with Gasteiger partial charge < -0.3 is 10.3 Å². The van der Waals surface area contributed by atoms with Crippen molar-refractivity contribution in [3.05, 3.63) is 44.3 Å². The summed E-state index contributed by atoms with van der Waals surface area (Å²) in [5.41, 5.74) is -1.74. The molecule has 1 rings (SSSR count). The summed E-state index contributed by atoms with van der Waals surface area (Å²) >= 11 is 0. The predicted octanol–water partition coefficient (Wildman–Crippen LogP) is -2.31. The molecule has 6 heteroatoms. The maximum absolute atomic E-state index is 10.8. The summed E-state index contributed by atoms with van der Waals surface area (Å²) in [7, 11) is 0. The molecule has 6 nitrogen and oxygen atoms in total. The third kappa shape index (κ3) is 1.09. The molecule has 0 fully saturated rings. The minimum atomic E-state index is -0.886. The van der Waals surface area contributed by atoms with E-state index in [1.807, 2.05) is 0 Å². The van der Waals surface area contributed by atoms with Gasteiger partial charge in [-0.3, -0.25) is 0 Å². The molecule has 2 N–H and O–H groups in total. The molecule has 0 radical (unpaired) electrons. The molecule has 0 spiro atoms. The Labute approximate surface area is 65.7 Å². The van der Waals surface area contributed by atoms with Gasteiger partial charge in [0.25, 0.3) is 0 Å². The van der Waals surface area contributed by atoms with Crippen LogP contribution in [0.1, 0.15) is 0 Å². The highest BCUT2D eigenvalue weighted by Crippen LogP contribution is 1.56. The lowest BCUT2D eigenvalue weighted by atomic mass is 10.5. The molecule has 0 atom stereocenters. The predicted molar refractivity (Wildman–Crippen MR) is 39.1 cm³/mol. The van der Waals surface area contributed by atoms with Crippen molar-refractivity contribution in [2.45, 2.75) is 0 Å². The molecule has 1 aromatic heterocycles. The zero-order valence-corrected chi connectivity index (χ0v) is 5.98. The molecule has 0 aliphatic heterocycles. The van der Waals surface area contributed by atoms with E-state index in [1.165, 1.54) is 0 Å². The highest BCUT2D eigenvalue weighted by Gasteiger charge is 2.04. The molecule has 0 unspecified atom stereocenters. The molecule has 0 aromatic carbocycles. The SMILES string of the molecule is C=C/N=c1/c(=O)oc(=O)/c1=N/N. The molecule has 62 valence electrons. The van der Waals surface area contributed by atoms with E-state index in [1.54, 1.807) is 0 Å². The average molecular weight is 167 g/mol. The van der Waals surface area contributed by atoms with Gasteiger partial charge in [0.05, 0.1) is 0 Å². The first-order valence-electron chi connectivity index (χ1n) is 2.94. The lowest BCUT2D eigenvalue weighted by molar-refractivity contribution is 0.487. The maximum atomic E-state index is 10.8. The van der Waals surface area contributed by atoms with Crippen molar-refractivity contribution < 1.29 is 4.42 Å². The van der Waals surface area contributed by atoms with Gasteiger partial charge in [-0.2, -0.15) is 5.10 Å². The monoisotopic (exact) mass is 167 g/mol. The number of hydrogen-bond donors (Lipinski definition) is 1. The van der Waals surface area contributed by atoms with E-state index in [0.717, 1.165) is 6.20 Å². The van der Waals surface area contributed by atoms with Crippen LogP contribution in [0.4, 0.5) is 0 Å². The van der Waals surface area contributed by atoms with E-state index in [4.69, 9.17) is 5.84 Å². The Morgan fingerprint density at radius 2 is 1.92 bits per heavy atom. The molecule has 0 aliphatic carbocycles. The van der Waals surface area contributed by atoms with Crippen molar-refractivity contribution >= 4 is 0 Å². The lowest BCUT2D eigenvalue weighted by Crippen LogP contribution is -2.38. The molecule has 12 heavy (non-hydrogen) atoms. The minimum Gasteiger partial charge on any atom is -0.383 e. The molecule has 0 saturated carbocycles. The van der Waals surface area contributed by atoms with Crippen LogP contribution in [0.2, 0.25) is 0 Å². The van der Waals surface area contributed by atoms with Crippen LogP contribution in [0.5, 0.6) is 0 Å². The standard InChI is InChI=1S/C6H5N3O3/c1-2-8-3-4(9-7)6(11)12-5(3)10/h2H,1,7H2/b8-3+,9-4+. The molecule has 1 aromatic rings. The van der Waals surface area contributed by atoms with Crippen molar-refractivity contribution in [3.63, 3.8) is 0 Å². The quantitative estimate of drug-likeness (QED) is 0.375. The van der Waals surface area contributed by atoms with Gasteiger partial charge in [-0.15, -0.1) is 0 Å². The second kappa shape index (κ2) is 2.95. The van der Waals surface area contributed by atoms with Crippen LogP contribution in [-0.4, -0.2) is 0 Å². The second-order valence-electron chi connectivity index (χ2n) is 1.81. The second-order valence-corrected chi connectivity index (χ2v) is 1.81. The largest absolute Gasteiger partial charge is 0.383 e. The minimum absolute atomic E-state index is 0.211. The van der Waals surface area contributed by atoms with E-state index in [2.05, 4.69) is 21.1 Å². The summed E-state index contributed by atoms with van der Waals surface area (Å²) in [5, 5.41) is 2.57. The molecular formula is C6H5N3O3. The van der Waals surface area contributed by atoms with Gasteiger partial charge in [0.2, 0.25) is 5.36 Å². The van der Waals surface area contributed by atoms with Crippen molar-refractivity contribution in [3.8, 4) is 0 Å². The smallest absolute Gasteiger partial charge is 0.369 e. The van der Waals surface area contributed by atoms with Crippen LogP contribution < -0.4 is 27.8 Å². The Morgan fingerprint density at radius 3 is 2.42 bits per heavy atom. The van der Waals surface area contributed by atoms with Gasteiger partial charge >= 0.3 is 11.3 Å². The fraction of sp³-hybridized carbons (Fsp3) is 0. The van der Waals surface area contributed by atoms with Gasteiger partial charge in [0, 0.05) is 6.20 Å². The number of rotatable bonds is 1. The van der Waals surface area contributed by atoms with Crippen molar-refractivity contribution in [2.24, 2.45) is 15.9 Å². The Morgan fingerprint density at radius 1 is 1.33 bits per heavy atom. The number of nitrogens with two attached hydrogens (primary N) is 1. The third-order valence-corrected chi connectivity index (χ3v) is 1.15. The lowest BCUT2D eigenvalue weighted by Gasteiger charge is -1.68. The van der Waals surface area contributed by atoms with E-state index in [0.29, 0.717) is 0 Å². The van der Waals surface area contributed by atoms with Gasteiger partial charge in [-0.1, -0.05) is 6.58 Å². The highest BCUT2D eigenvalue weighted by atomic mass is 16.4. The summed E-state index contributed by atoms with van der Waals surface area (Å²) in [4.78, 5) is 25.0. The van der Waals surface area contributed by atoms with Crippen molar-refractivity contribution in [1.82, 2.24) is 0 Å².